The highest BCUT2D eigenvalue weighted by molar-refractivity contribution is 6.70. The van der Waals surface area contributed by atoms with E-state index in [0.29, 0.717) is 0 Å². The average Bonchev–Trinajstić information content (AvgIpc) is 2.22. The lowest BCUT2D eigenvalue weighted by atomic mass is 10.1. The van der Waals surface area contributed by atoms with Crippen LogP contribution in [0.2, 0.25) is 0 Å². The Morgan fingerprint density at radius 2 is 1.24 bits per heavy atom. The smallest absolute Gasteiger partial charge is 0.210 e. The molecular weight excluding hydrogens is 328 g/mol. The molecule has 1 aromatic carbocycles. The highest BCUT2D eigenvalue weighted by Crippen LogP contribution is 2.46. The van der Waals surface area contributed by atoms with Crippen molar-refractivity contribution in [2.45, 2.75) is 9.17 Å². The standard InChI is InChI=1S/C8H3Cl4F4N/c9-7(8(10,11)12)1-2(13)4(15)6(17)5(16)3(1)14/h7H,17H2. The van der Waals surface area contributed by atoms with Crippen molar-refractivity contribution in [3.63, 3.8) is 0 Å². The van der Waals surface area contributed by atoms with Crippen LogP contribution in [0.25, 0.3) is 0 Å². The third kappa shape index (κ3) is 2.67. The summed E-state index contributed by atoms with van der Waals surface area (Å²) in [7, 11) is 0. The normalized spacial score (nSPS) is 13.9. The summed E-state index contributed by atoms with van der Waals surface area (Å²) >= 11 is 21.3. The molecule has 0 amide bonds. The van der Waals surface area contributed by atoms with Gasteiger partial charge in [0, 0.05) is 0 Å². The molecule has 1 atom stereocenters. The van der Waals surface area contributed by atoms with Gasteiger partial charge in [-0.2, -0.15) is 0 Å². The van der Waals surface area contributed by atoms with E-state index >= 15 is 0 Å². The van der Waals surface area contributed by atoms with Crippen molar-refractivity contribution in [1.82, 2.24) is 0 Å². The molecule has 1 aromatic rings. The lowest BCUT2D eigenvalue weighted by Gasteiger charge is -2.20. The Morgan fingerprint density at radius 3 is 1.53 bits per heavy atom. The van der Waals surface area contributed by atoms with Gasteiger partial charge in [-0.25, -0.2) is 17.6 Å². The van der Waals surface area contributed by atoms with Gasteiger partial charge in [-0.3, -0.25) is 0 Å². The predicted molar refractivity (Wildman–Crippen MR) is 59.6 cm³/mol. The number of rotatable bonds is 1. The number of halogens is 8. The van der Waals surface area contributed by atoms with Crippen molar-refractivity contribution < 1.29 is 17.6 Å². The van der Waals surface area contributed by atoms with Gasteiger partial charge < -0.3 is 5.73 Å². The fourth-order valence-electron chi connectivity index (χ4n) is 1.05. The van der Waals surface area contributed by atoms with Gasteiger partial charge in [-0.15, -0.1) is 11.6 Å². The molecule has 1 unspecified atom stereocenters. The first-order valence-electron chi connectivity index (χ1n) is 3.91. The third-order valence-corrected chi connectivity index (χ3v) is 3.41. The maximum atomic E-state index is 13.4. The number of hydrogen-bond acceptors (Lipinski definition) is 1. The number of benzene rings is 1. The maximum absolute atomic E-state index is 13.4. The topological polar surface area (TPSA) is 26.0 Å². The van der Waals surface area contributed by atoms with Crippen LogP contribution in [-0.2, 0) is 0 Å². The van der Waals surface area contributed by atoms with Crippen LogP contribution in [0.4, 0.5) is 23.2 Å². The summed E-state index contributed by atoms with van der Waals surface area (Å²) in [4.78, 5) is 0. The fourth-order valence-corrected chi connectivity index (χ4v) is 1.57. The van der Waals surface area contributed by atoms with Crippen LogP contribution in [0.5, 0.6) is 0 Å². The quantitative estimate of drug-likeness (QED) is 0.349. The second-order valence-electron chi connectivity index (χ2n) is 2.99. The highest BCUT2D eigenvalue weighted by atomic mass is 35.6. The Labute approximate surface area is 113 Å². The Balaban J connectivity index is 3.55. The molecule has 0 spiro atoms. The van der Waals surface area contributed by atoms with Crippen molar-refractivity contribution in [3.8, 4) is 0 Å². The SMILES string of the molecule is Nc1c(F)c(F)c(C(Cl)C(Cl)(Cl)Cl)c(F)c1F. The van der Waals surface area contributed by atoms with Crippen LogP contribution in [0.3, 0.4) is 0 Å². The first-order chi connectivity index (χ1) is 7.59. The minimum atomic E-state index is -2.35. The Bertz CT molecular complexity index is 431. The molecule has 0 aliphatic heterocycles. The monoisotopic (exact) mass is 329 g/mol. The lowest BCUT2D eigenvalue weighted by Crippen LogP contribution is -2.18. The molecule has 0 aromatic heterocycles. The number of alkyl halides is 4. The van der Waals surface area contributed by atoms with E-state index in [0.717, 1.165) is 0 Å². The fraction of sp³-hybridized carbons (Fsp3) is 0.250. The summed E-state index contributed by atoms with van der Waals surface area (Å²) in [6.45, 7) is 0. The molecule has 0 radical (unpaired) electrons. The molecule has 17 heavy (non-hydrogen) atoms. The zero-order valence-corrected chi connectivity index (χ0v) is 10.7. The van der Waals surface area contributed by atoms with Crippen molar-refractivity contribution in [2.24, 2.45) is 0 Å². The predicted octanol–water partition coefficient (Wildman–Crippen LogP) is 4.48. The van der Waals surface area contributed by atoms with E-state index in [1.165, 1.54) is 0 Å². The minimum Gasteiger partial charge on any atom is -0.394 e. The van der Waals surface area contributed by atoms with Crippen LogP contribution < -0.4 is 5.73 Å². The van der Waals surface area contributed by atoms with Crippen LogP contribution in [0, 0.1) is 23.3 Å². The van der Waals surface area contributed by atoms with E-state index in [9.17, 15) is 17.6 Å². The summed E-state index contributed by atoms with van der Waals surface area (Å²) in [6.07, 6.45) is 0. The van der Waals surface area contributed by atoms with E-state index in [1.807, 2.05) is 0 Å². The summed E-state index contributed by atoms with van der Waals surface area (Å²) in [6, 6.07) is 0. The molecule has 1 rings (SSSR count). The maximum Gasteiger partial charge on any atom is 0.210 e. The zero-order valence-electron chi connectivity index (χ0n) is 7.68. The van der Waals surface area contributed by atoms with Gasteiger partial charge in [-0.05, 0) is 0 Å². The molecule has 0 saturated carbocycles. The summed E-state index contributed by atoms with van der Waals surface area (Å²) in [5, 5.41) is -1.92. The van der Waals surface area contributed by atoms with Crippen LogP contribution >= 0.6 is 46.4 Å². The Morgan fingerprint density at radius 1 is 0.882 bits per heavy atom. The van der Waals surface area contributed by atoms with Crippen molar-refractivity contribution >= 4 is 52.1 Å². The van der Waals surface area contributed by atoms with Crippen LogP contribution in [0.1, 0.15) is 10.9 Å². The molecule has 0 aliphatic carbocycles. The molecule has 0 bridgehead atoms. The largest absolute Gasteiger partial charge is 0.394 e. The van der Waals surface area contributed by atoms with Gasteiger partial charge >= 0.3 is 0 Å². The van der Waals surface area contributed by atoms with Crippen LogP contribution in [0.15, 0.2) is 0 Å². The van der Waals surface area contributed by atoms with Gasteiger partial charge in [0.25, 0.3) is 0 Å². The lowest BCUT2D eigenvalue weighted by molar-refractivity contribution is 0.443. The number of anilines is 1. The Hall–Kier alpha value is -0.100. The van der Waals surface area contributed by atoms with Gasteiger partial charge in [0.1, 0.15) is 11.1 Å². The molecule has 0 aliphatic rings. The molecule has 96 valence electrons. The molecule has 2 N–H and O–H groups in total. The Kier molecular flexibility index (Phi) is 4.29. The van der Waals surface area contributed by atoms with Gasteiger partial charge in [0.15, 0.2) is 23.3 Å². The van der Waals surface area contributed by atoms with Gasteiger partial charge in [0.05, 0.1) is 5.56 Å². The van der Waals surface area contributed by atoms with E-state index in [4.69, 9.17) is 52.1 Å². The molecular formula is C8H3Cl4F4N. The first kappa shape index (κ1) is 15.0. The summed E-state index contributed by atoms with van der Waals surface area (Å²) in [5.74, 6) is -7.18. The van der Waals surface area contributed by atoms with Gasteiger partial charge in [-0.1, -0.05) is 34.8 Å². The molecule has 0 fully saturated rings. The van der Waals surface area contributed by atoms with Crippen molar-refractivity contribution in [2.75, 3.05) is 5.73 Å². The third-order valence-electron chi connectivity index (χ3n) is 1.87. The molecule has 0 saturated heterocycles. The highest BCUT2D eigenvalue weighted by Gasteiger charge is 2.39. The summed E-state index contributed by atoms with van der Waals surface area (Å²) in [5.41, 5.74) is 2.26. The molecule has 9 heteroatoms. The van der Waals surface area contributed by atoms with Crippen molar-refractivity contribution in [1.29, 1.82) is 0 Å². The van der Waals surface area contributed by atoms with E-state index in [-0.39, 0.29) is 0 Å². The number of nitrogens with two attached hydrogens (primary N) is 1. The van der Waals surface area contributed by atoms with E-state index in [2.05, 4.69) is 0 Å². The molecule has 0 heterocycles. The zero-order chi connectivity index (χ0) is 13.5. The van der Waals surface area contributed by atoms with Gasteiger partial charge in [0.2, 0.25) is 3.79 Å². The van der Waals surface area contributed by atoms with Crippen molar-refractivity contribution in [3.05, 3.63) is 28.8 Å². The minimum absolute atomic E-state index is 1.23. The number of nitrogen functional groups attached to an aromatic ring is 1. The summed E-state index contributed by atoms with van der Waals surface area (Å²) < 4.78 is 50.5. The van der Waals surface area contributed by atoms with Crippen LogP contribution in [-0.4, -0.2) is 3.79 Å². The van der Waals surface area contributed by atoms with E-state index in [1.54, 1.807) is 0 Å². The molecule has 1 nitrogen and oxygen atoms in total. The second kappa shape index (κ2) is 4.88. The van der Waals surface area contributed by atoms with E-state index < -0.39 is 43.7 Å². The first-order valence-corrected chi connectivity index (χ1v) is 5.48. The average molecular weight is 331 g/mol. The second-order valence-corrected chi connectivity index (χ2v) is 5.79. The number of hydrogen-bond donors (Lipinski definition) is 1.